The number of anilines is 1. The van der Waals surface area contributed by atoms with E-state index < -0.39 is 45.8 Å². The molecule has 8 N–H and O–H groups in total. The number of hydrogen-bond donors (Lipinski definition) is 5. The van der Waals surface area contributed by atoms with Gasteiger partial charge in [0.15, 0.2) is 12.1 Å². The first-order valence-corrected chi connectivity index (χ1v) is 13.1. The molecule has 0 aliphatic rings. The van der Waals surface area contributed by atoms with Crippen molar-refractivity contribution in [3.05, 3.63) is 76.2 Å². The minimum atomic E-state index is -5.08. The number of carboxylic acid groups (broad SMARTS) is 1. The number of carbonyl (C=O) groups is 2. The lowest BCUT2D eigenvalue weighted by molar-refractivity contribution is -0.192. The molecule has 0 radical (unpaired) electrons. The van der Waals surface area contributed by atoms with Crippen LogP contribution in [0.3, 0.4) is 0 Å². The van der Waals surface area contributed by atoms with Crippen molar-refractivity contribution in [1.29, 1.82) is 0 Å². The molecule has 0 saturated carbocycles. The fraction of sp³-hybridized carbons (Fsp3) is 0.250. The molecule has 0 aliphatic carbocycles. The Labute approximate surface area is 231 Å². The lowest BCUT2D eigenvalue weighted by Gasteiger charge is -2.24. The number of guanidine groups is 1. The maximum Gasteiger partial charge on any atom is 0.490 e. The normalized spacial score (nSPS) is 12.8. The number of nitrogens with one attached hydrogen (secondary N) is 1. The van der Waals surface area contributed by atoms with E-state index in [-0.39, 0.29) is 17.4 Å². The number of fused-ring (bicyclic) bond motifs is 1. The van der Waals surface area contributed by atoms with Crippen LogP contribution in [-0.2, 0) is 30.2 Å². The highest BCUT2D eigenvalue weighted by Crippen LogP contribution is 2.22. The van der Waals surface area contributed by atoms with Gasteiger partial charge in [-0.15, -0.1) is 0 Å². The molecule has 0 saturated heterocycles. The summed E-state index contributed by atoms with van der Waals surface area (Å²) in [5.41, 5.74) is 15.9. The Morgan fingerprint density at radius 3 is 2.22 bits per heavy atom. The van der Waals surface area contributed by atoms with Gasteiger partial charge in [0, 0.05) is 5.69 Å². The highest BCUT2D eigenvalue weighted by atomic mass is 32.2. The molecule has 1 amide bonds. The van der Waals surface area contributed by atoms with Crippen molar-refractivity contribution in [3.8, 4) is 0 Å². The van der Waals surface area contributed by atoms with Crippen LogP contribution in [0.25, 0.3) is 10.8 Å². The molecule has 0 fully saturated rings. The van der Waals surface area contributed by atoms with Gasteiger partial charge in [-0.1, -0.05) is 42.5 Å². The summed E-state index contributed by atoms with van der Waals surface area (Å²) in [6.07, 6.45) is -6.11. The second-order valence-electron chi connectivity index (χ2n) is 8.54. The zero-order valence-corrected chi connectivity index (χ0v) is 22.4. The molecular weight excluding hydrogens is 573 g/mol. The van der Waals surface area contributed by atoms with E-state index in [1.165, 1.54) is 19.1 Å². The fourth-order valence-corrected chi connectivity index (χ4v) is 4.89. The van der Waals surface area contributed by atoms with Gasteiger partial charge < -0.3 is 27.1 Å². The number of halogens is 3. The molecule has 0 aliphatic heterocycles. The van der Waals surface area contributed by atoms with Crippen LogP contribution in [0.5, 0.6) is 0 Å². The van der Waals surface area contributed by atoms with Crippen LogP contribution in [0, 0.1) is 6.92 Å². The van der Waals surface area contributed by atoms with E-state index in [0.29, 0.717) is 11.3 Å². The smallest absolute Gasteiger partial charge is 0.475 e. The van der Waals surface area contributed by atoms with Gasteiger partial charge in [0.1, 0.15) is 5.69 Å². The maximum atomic E-state index is 13.2. The lowest BCUT2D eigenvalue weighted by Crippen LogP contribution is -2.42. The van der Waals surface area contributed by atoms with E-state index >= 15 is 0 Å². The van der Waals surface area contributed by atoms with Gasteiger partial charge in [-0.25, -0.2) is 13.2 Å². The van der Waals surface area contributed by atoms with Crippen molar-refractivity contribution in [2.24, 2.45) is 22.4 Å². The number of benzene rings is 2. The summed E-state index contributed by atoms with van der Waals surface area (Å²) in [7, 11) is -3.98. The number of oxime groups is 1. The van der Waals surface area contributed by atoms with Crippen molar-refractivity contribution in [2.45, 2.75) is 37.9 Å². The molecule has 2 atom stereocenters. The van der Waals surface area contributed by atoms with E-state index in [4.69, 9.17) is 31.9 Å². The van der Waals surface area contributed by atoms with Gasteiger partial charge in [0.05, 0.1) is 5.75 Å². The molecule has 2 aromatic carbocycles. The van der Waals surface area contributed by atoms with Crippen molar-refractivity contribution >= 4 is 44.3 Å². The first kappa shape index (κ1) is 32.4. The van der Waals surface area contributed by atoms with Gasteiger partial charge in [-0.2, -0.15) is 13.2 Å². The van der Waals surface area contributed by atoms with Crippen LogP contribution in [0.15, 0.2) is 64.5 Å². The number of alkyl halides is 3. The number of primary amides is 1. The van der Waals surface area contributed by atoms with Crippen molar-refractivity contribution in [2.75, 3.05) is 4.72 Å². The summed E-state index contributed by atoms with van der Waals surface area (Å²) < 4.78 is 61.0. The van der Waals surface area contributed by atoms with Crippen LogP contribution >= 0.6 is 0 Å². The van der Waals surface area contributed by atoms with E-state index in [1.807, 2.05) is 30.3 Å². The Kier molecular flexibility index (Phi) is 10.3. The Hall–Kier alpha value is -4.80. The number of sulfonamides is 1. The van der Waals surface area contributed by atoms with Crippen LogP contribution < -0.4 is 27.5 Å². The summed E-state index contributed by atoms with van der Waals surface area (Å²) in [6, 6.07) is 14.3. The Bertz CT molecular complexity index is 1610. The number of aryl methyl sites for hydroxylation is 1. The first-order chi connectivity index (χ1) is 18.9. The zero-order valence-electron chi connectivity index (χ0n) is 21.6. The molecule has 1 heterocycles. The second kappa shape index (κ2) is 13.0. The standard InChI is InChI=1S/C22H26N6O5S.C2HF3O2/c1-13-10-11-18(21(30)28(13)19(20(23)29)14(2)33-26-22(24)25)27-34(31,32)12-16-8-5-7-15-6-3-4-9-17(15)16;3-2(4,5)1(6)7/h3-11,14,19,27H,12H2,1-2H3,(H2,23,29)(H4,24,25,26);(H,6,7). The molecule has 1 aromatic heterocycles. The minimum absolute atomic E-state index is 0.244. The third-order valence-electron chi connectivity index (χ3n) is 5.39. The summed E-state index contributed by atoms with van der Waals surface area (Å²) in [4.78, 5) is 39.4. The number of hydrogen-bond acceptors (Lipinski definition) is 7. The number of nitrogens with two attached hydrogens (primary N) is 3. The molecule has 3 rings (SSSR count). The Balaban J connectivity index is 0.000000745. The number of carbonyl (C=O) groups excluding carboxylic acids is 1. The van der Waals surface area contributed by atoms with Gasteiger partial charge in [0.25, 0.3) is 5.56 Å². The molecule has 0 bridgehead atoms. The van der Waals surface area contributed by atoms with Gasteiger partial charge in [0.2, 0.25) is 21.9 Å². The van der Waals surface area contributed by atoms with E-state index in [2.05, 4.69) is 9.88 Å². The van der Waals surface area contributed by atoms with E-state index in [9.17, 15) is 31.2 Å². The average Bonchev–Trinajstić information content (AvgIpc) is 2.86. The second-order valence-corrected chi connectivity index (χ2v) is 10.3. The van der Waals surface area contributed by atoms with Gasteiger partial charge in [-0.3, -0.25) is 18.9 Å². The van der Waals surface area contributed by atoms with Crippen LogP contribution in [0.1, 0.15) is 24.2 Å². The number of rotatable bonds is 9. The quantitative estimate of drug-likeness (QED) is 0.136. The predicted molar refractivity (Wildman–Crippen MR) is 144 cm³/mol. The molecule has 2 unspecified atom stereocenters. The lowest BCUT2D eigenvalue weighted by atomic mass is 10.1. The average molecular weight is 601 g/mol. The Morgan fingerprint density at radius 2 is 1.66 bits per heavy atom. The molecule has 222 valence electrons. The van der Waals surface area contributed by atoms with Crippen LogP contribution in [0.4, 0.5) is 18.9 Å². The summed E-state index contributed by atoms with van der Waals surface area (Å²) >= 11 is 0. The molecule has 0 spiro atoms. The number of aromatic nitrogens is 1. The fourth-order valence-electron chi connectivity index (χ4n) is 3.67. The van der Waals surface area contributed by atoms with Gasteiger partial charge >= 0.3 is 12.1 Å². The first-order valence-electron chi connectivity index (χ1n) is 11.5. The monoisotopic (exact) mass is 600 g/mol. The summed E-state index contributed by atoms with van der Waals surface area (Å²) in [6.45, 7) is 3.02. The maximum absolute atomic E-state index is 13.2. The predicted octanol–water partition coefficient (Wildman–Crippen LogP) is 1.51. The van der Waals surface area contributed by atoms with E-state index in [1.54, 1.807) is 19.1 Å². The van der Waals surface area contributed by atoms with Crippen molar-refractivity contribution < 1.29 is 41.1 Å². The molecule has 17 heteroatoms. The largest absolute Gasteiger partial charge is 0.490 e. The number of amides is 1. The molecule has 3 aromatic rings. The van der Waals surface area contributed by atoms with Crippen molar-refractivity contribution in [3.63, 3.8) is 0 Å². The third-order valence-corrected chi connectivity index (χ3v) is 6.61. The summed E-state index contributed by atoms with van der Waals surface area (Å²) in [5.74, 6) is -4.38. The van der Waals surface area contributed by atoms with E-state index in [0.717, 1.165) is 15.3 Å². The Morgan fingerprint density at radius 1 is 1.07 bits per heavy atom. The highest BCUT2D eigenvalue weighted by molar-refractivity contribution is 7.91. The topological polar surface area (TPSA) is 222 Å². The summed E-state index contributed by atoms with van der Waals surface area (Å²) in [5, 5.41) is 12.2. The number of aliphatic carboxylic acids is 1. The number of pyridine rings is 1. The molecule has 13 nitrogen and oxygen atoms in total. The zero-order chi connectivity index (χ0) is 31.1. The highest BCUT2D eigenvalue weighted by Gasteiger charge is 2.38. The van der Waals surface area contributed by atoms with Crippen LogP contribution in [0.2, 0.25) is 0 Å². The molecular formula is C24H27F3N6O7S. The third kappa shape index (κ3) is 8.85. The number of carboxylic acids is 1. The van der Waals surface area contributed by atoms with Crippen molar-refractivity contribution in [1.82, 2.24) is 4.57 Å². The minimum Gasteiger partial charge on any atom is -0.475 e. The number of nitrogens with zero attached hydrogens (tertiary/aromatic N) is 2. The molecule has 41 heavy (non-hydrogen) atoms. The van der Waals surface area contributed by atoms with Gasteiger partial charge in [-0.05, 0) is 47.5 Å². The SMILES string of the molecule is Cc1ccc(NS(=O)(=O)Cc2cccc3ccccc23)c(=O)n1C(C(N)=O)C(C)ON=C(N)N.O=C(O)C(F)(F)F. The van der Waals surface area contributed by atoms with Crippen LogP contribution in [-0.4, -0.2) is 48.2 Å².